The number of nitrogens with two attached hydrogens (primary N) is 2. The number of rotatable bonds is 2. The van der Waals surface area contributed by atoms with Gasteiger partial charge >= 0.3 is 0 Å². The van der Waals surface area contributed by atoms with Crippen molar-refractivity contribution in [1.29, 1.82) is 0 Å². The second kappa shape index (κ2) is 3.21. The molecular formula is C10H14N4. The molecule has 0 fully saturated rings. The molecule has 0 aliphatic heterocycles. The number of fused-ring (bicyclic) bond motifs is 1. The maximum Gasteiger partial charge on any atom is 0.0945 e. The van der Waals surface area contributed by atoms with Crippen molar-refractivity contribution in [1.82, 2.24) is 10.2 Å². The molecule has 0 saturated carbocycles. The number of nitrogens with zero attached hydrogens (tertiary/aromatic N) is 1. The molecule has 14 heavy (non-hydrogen) atoms. The van der Waals surface area contributed by atoms with Crippen molar-refractivity contribution >= 4 is 22.3 Å². The number of anilines is 2. The maximum absolute atomic E-state index is 5.74. The van der Waals surface area contributed by atoms with Gasteiger partial charge in [0.05, 0.1) is 16.9 Å². The quantitative estimate of drug-likeness (QED) is 0.630. The van der Waals surface area contributed by atoms with Crippen LogP contribution in [0.4, 0.5) is 11.4 Å². The first kappa shape index (κ1) is 8.87. The summed E-state index contributed by atoms with van der Waals surface area (Å²) in [5.74, 6) is 0. The molecule has 2 rings (SSSR count). The van der Waals surface area contributed by atoms with Crippen molar-refractivity contribution in [2.45, 2.75) is 19.8 Å². The molecule has 0 aliphatic rings. The number of benzene rings is 1. The van der Waals surface area contributed by atoms with Gasteiger partial charge in [-0.3, -0.25) is 5.10 Å². The molecular weight excluding hydrogens is 176 g/mol. The van der Waals surface area contributed by atoms with Crippen LogP contribution < -0.4 is 11.5 Å². The summed E-state index contributed by atoms with van der Waals surface area (Å²) in [6.45, 7) is 2.13. The third kappa shape index (κ3) is 1.28. The Hall–Kier alpha value is -1.71. The Morgan fingerprint density at radius 2 is 2.00 bits per heavy atom. The molecule has 74 valence electrons. The fraction of sp³-hybridized carbons (Fsp3) is 0.300. The van der Waals surface area contributed by atoms with E-state index in [-0.39, 0.29) is 0 Å². The molecule has 2 aromatic rings. The van der Waals surface area contributed by atoms with Crippen molar-refractivity contribution in [2.24, 2.45) is 0 Å². The van der Waals surface area contributed by atoms with Crippen LogP contribution in [-0.2, 0) is 6.42 Å². The zero-order valence-electron chi connectivity index (χ0n) is 8.17. The summed E-state index contributed by atoms with van der Waals surface area (Å²) in [5.41, 5.74) is 14.7. The van der Waals surface area contributed by atoms with Gasteiger partial charge in [0.1, 0.15) is 0 Å². The Balaban J connectivity index is 2.61. The van der Waals surface area contributed by atoms with Crippen molar-refractivity contribution in [3.05, 3.63) is 17.8 Å². The van der Waals surface area contributed by atoms with Crippen LogP contribution in [0.3, 0.4) is 0 Å². The van der Waals surface area contributed by atoms with E-state index >= 15 is 0 Å². The first-order chi connectivity index (χ1) is 6.72. The Kier molecular flexibility index (Phi) is 2.04. The molecule has 0 saturated heterocycles. The predicted octanol–water partition coefficient (Wildman–Crippen LogP) is 1.68. The lowest BCUT2D eigenvalue weighted by Crippen LogP contribution is -1.94. The van der Waals surface area contributed by atoms with Crippen molar-refractivity contribution < 1.29 is 0 Å². The Labute approximate surface area is 82.3 Å². The Morgan fingerprint density at radius 3 is 2.71 bits per heavy atom. The highest BCUT2D eigenvalue weighted by Crippen LogP contribution is 2.24. The summed E-state index contributed by atoms with van der Waals surface area (Å²) in [6, 6.07) is 3.69. The normalized spacial score (nSPS) is 10.9. The number of nitrogens with one attached hydrogen (secondary N) is 1. The summed E-state index contributed by atoms with van der Waals surface area (Å²) < 4.78 is 0. The smallest absolute Gasteiger partial charge is 0.0945 e. The lowest BCUT2D eigenvalue weighted by atomic mass is 10.1. The molecule has 0 amide bonds. The summed E-state index contributed by atoms with van der Waals surface area (Å²) in [5, 5.41) is 8.27. The van der Waals surface area contributed by atoms with E-state index in [9.17, 15) is 0 Å². The van der Waals surface area contributed by atoms with Gasteiger partial charge in [-0.05, 0) is 18.6 Å². The van der Waals surface area contributed by atoms with Crippen LogP contribution in [-0.4, -0.2) is 10.2 Å². The van der Waals surface area contributed by atoms with Gasteiger partial charge in [-0.2, -0.15) is 5.10 Å². The third-order valence-electron chi connectivity index (χ3n) is 2.34. The monoisotopic (exact) mass is 190 g/mol. The zero-order valence-corrected chi connectivity index (χ0v) is 8.17. The van der Waals surface area contributed by atoms with E-state index in [0.29, 0.717) is 11.4 Å². The fourth-order valence-electron chi connectivity index (χ4n) is 1.58. The van der Waals surface area contributed by atoms with Crippen LogP contribution in [0.5, 0.6) is 0 Å². The molecule has 0 unspecified atom stereocenters. The van der Waals surface area contributed by atoms with Gasteiger partial charge in [0, 0.05) is 11.1 Å². The average molecular weight is 190 g/mol. The van der Waals surface area contributed by atoms with Gasteiger partial charge in [0.25, 0.3) is 0 Å². The SMILES string of the molecule is CCCc1[nH]nc2cc(N)c(N)cc12. The van der Waals surface area contributed by atoms with Crippen LogP contribution in [0.25, 0.3) is 10.9 Å². The number of aromatic amines is 1. The maximum atomic E-state index is 5.74. The standard InChI is InChI=1S/C10H14N4/c1-2-3-9-6-4-7(11)8(12)5-10(6)14-13-9/h4-5H,2-3,11-12H2,1H3,(H,13,14). The minimum absolute atomic E-state index is 0.590. The molecule has 0 bridgehead atoms. The minimum Gasteiger partial charge on any atom is -0.397 e. The van der Waals surface area contributed by atoms with Crippen LogP contribution in [0, 0.1) is 0 Å². The number of aryl methyl sites for hydroxylation is 1. The molecule has 1 aromatic carbocycles. The number of H-pyrrole nitrogens is 1. The zero-order chi connectivity index (χ0) is 10.1. The summed E-state index contributed by atoms with van der Waals surface area (Å²) in [4.78, 5) is 0. The average Bonchev–Trinajstić information content (AvgIpc) is 2.51. The predicted molar refractivity (Wildman–Crippen MR) is 58.9 cm³/mol. The lowest BCUT2D eigenvalue weighted by Gasteiger charge is -2.00. The van der Waals surface area contributed by atoms with Crippen LogP contribution in [0.2, 0.25) is 0 Å². The van der Waals surface area contributed by atoms with E-state index in [2.05, 4.69) is 17.1 Å². The molecule has 0 aliphatic carbocycles. The number of aromatic nitrogens is 2. The number of nitrogen functional groups attached to an aromatic ring is 2. The van der Waals surface area contributed by atoms with E-state index < -0.39 is 0 Å². The topological polar surface area (TPSA) is 80.7 Å². The van der Waals surface area contributed by atoms with Gasteiger partial charge in [-0.1, -0.05) is 13.3 Å². The molecule has 4 heteroatoms. The number of hydrogen-bond donors (Lipinski definition) is 3. The fourth-order valence-corrected chi connectivity index (χ4v) is 1.58. The van der Waals surface area contributed by atoms with Crippen molar-refractivity contribution in [2.75, 3.05) is 11.5 Å². The van der Waals surface area contributed by atoms with Gasteiger partial charge in [-0.15, -0.1) is 0 Å². The highest BCUT2D eigenvalue weighted by atomic mass is 15.1. The molecule has 0 atom stereocenters. The van der Waals surface area contributed by atoms with E-state index in [4.69, 9.17) is 11.5 Å². The Morgan fingerprint density at radius 1 is 1.29 bits per heavy atom. The summed E-state index contributed by atoms with van der Waals surface area (Å²) >= 11 is 0. The number of hydrogen-bond acceptors (Lipinski definition) is 3. The van der Waals surface area contributed by atoms with Gasteiger partial charge in [0.15, 0.2) is 0 Å². The molecule has 0 spiro atoms. The highest BCUT2D eigenvalue weighted by Gasteiger charge is 2.06. The second-order valence-electron chi connectivity index (χ2n) is 3.45. The van der Waals surface area contributed by atoms with Crippen LogP contribution >= 0.6 is 0 Å². The van der Waals surface area contributed by atoms with E-state index in [1.54, 1.807) is 6.07 Å². The molecule has 1 heterocycles. The minimum atomic E-state index is 0.590. The first-order valence-electron chi connectivity index (χ1n) is 4.74. The van der Waals surface area contributed by atoms with E-state index in [0.717, 1.165) is 29.4 Å². The van der Waals surface area contributed by atoms with Crippen molar-refractivity contribution in [3.8, 4) is 0 Å². The largest absolute Gasteiger partial charge is 0.397 e. The lowest BCUT2D eigenvalue weighted by molar-refractivity contribution is 0.874. The van der Waals surface area contributed by atoms with Gasteiger partial charge in [0.2, 0.25) is 0 Å². The van der Waals surface area contributed by atoms with Crippen LogP contribution in [0.1, 0.15) is 19.0 Å². The summed E-state index contributed by atoms with van der Waals surface area (Å²) in [7, 11) is 0. The molecule has 4 nitrogen and oxygen atoms in total. The van der Waals surface area contributed by atoms with Crippen LogP contribution in [0.15, 0.2) is 12.1 Å². The van der Waals surface area contributed by atoms with E-state index in [1.165, 1.54) is 0 Å². The van der Waals surface area contributed by atoms with Gasteiger partial charge in [-0.25, -0.2) is 0 Å². The molecule has 5 N–H and O–H groups in total. The van der Waals surface area contributed by atoms with Crippen molar-refractivity contribution in [3.63, 3.8) is 0 Å². The van der Waals surface area contributed by atoms with E-state index in [1.807, 2.05) is 6.07 Å². The molecule has 1 aromatic heterocycles. The Bertz CT molecular complexity index is 458. The summed E-state index contributed by atoms with van der Waals surface area (Å²) in [6.07, 6.45) is 2.07. The van der Waals surface area contributed by atoms with Gasteiger partial charge < -0.3 is 11.5 Å². The molecule has 0 radical (unpaired) electrons. The second-order valence-corrected chi connectivity index (χ2v) is 3.45. The third-order valence-corrected chi connectivity index (χ3v) is 2.34. The first-order valence-corrected chi connectivity index (χ1v) is 4.74. The highest BCUT2D eigenvalue weighted by molar-refractivity contribution is 5.89.